The van der Waals surface area contributed by atoms with Crippen LogP contribution in [-0.4, -0.2) is 140 Å². The number of carbonyl (C=O) groups excluding carboxylic acids is 1. The second-order valence-corrected chi connectivity index (χ2v) is 20.7. The van der Waals surface area contributed by atoms with Crippen molar-refractivity contribution in [2.45, 2.75) is 267 Å². The van der Waals surface area contributed by atoms with Crippen LogP contribution in [0.25, 0.3) is 0 Å². The van der Waals surface area contributed by atoms with E-state index in [9.17, 15) is 45.6 Å². The molecule has 2 rings (SSSR count). The molecule has 2 aliphatic heterocycles. The molecular weight excluding hydrogens is 991 g/mol. The molecular formula is C64H107NO13. The standard InChI is InChI=1S/C64H107NO13/c1-3-5-7-9-11-13-15-17-19-20-21-22-23-24-25-26-27-28-29-30-31-32-34-36-38-40-42-44-46-48-56(69)65-52(53(68)47-45-43-41-39-37-35-33-18-16-14-12-10-8-6-4-2)51-75-63-61(74)59(72)62(55(50-67)77-63)78-64-60(73)58(71)57(70)54(49-66)76-64/h5,7,11,13,17,19,21-22,24-25,27-28,30-31,34,36,45,47,52-55,57-64,66-68,70-74H,3-4,6,8-10,12,14-16,18,20,23,26,29,32-33,35,37-44,46,48-51H2,1-2H3,(H,65,69)/b7-5-,13-11-,19-17-,22-21-,25-24-,28-27-,31-30-,36-34-,47-45+. The molecule has 0 aromatic heterocycles. The highest BCUT2D eigenvalue weighted by Crippen LogP contribution is 2.30. The van der Waals surface area contributed by atoms with Crippen LogP contribution >= 0.6 is 0 Å². The molecule has 446 valence electrons. The Hall–Kier alpha value is -3.35. The molecule has 0 aliphatic carbocycles. The van der Waals surface area contributed by atoms with E-state index >= 15 is 0 Å². The molecule has 0 aromatic rings. The van der Waals surface area contributed by atoms with E-state index in [0.29, 0.717) is 6.42 Å². The Morgan fingerprint density at radius 2 is 0.885 bits per heavy atom. The van der Waals surface area contributed by atoms with Gasteiger partial charge in [0, 0.05) is 6.42 Å². The normalized spacial score (nSPS) is 25.4. The summed E-state index contributed by atoms with van der Waals surface area (Å²) in [5.74, 6) is -0.269. The van der Waals surface area contributed by atoms with Crippen LogP contribution in [0.15, 0.2) is 109 Å². The van der Waals surface area contributed by atoms with Gasteiger partial charge in [-0.05, 0) is 83.5 Å². The van der Waals surface area contributed by atoms with Crippen LogP contribution in [0, 0.1) is 0 Å². The molecule has 12 unspecified atom stereocenters. The Morgan fingerprint density at radius 1 is 0.474 bits per heavy atom. The van der Waals surface area contributed by atoms with Gasteiger partial charge in [0.2, 0.25) is 5.91 Å². The van der Waals surface area contributed by atoms with Crippen LogP contribution in [-0.2, 0) is 23.7 Å². The molecule has 14 heteroatoms. The number of nitrogens with one attached hydrogen (secondary N) is 1. The highest BCUT2D eigenvalue weighted by atomic mass is 16.7. The predicted octanol–water partition coefficient (Wildman–Crippen LogP) is 10.4. The monoisotopic (exact) mass is 1100 g/mol. The molecule has 2 heterocycles. The van der Waals surface area contributed by atoms with Crippen molar-refractivity contribution in [1.29, 1.82) is 0 Å². The molecule has 1 amide bonds. The fourth-order valence-corrected chi connectivity index (χ4v) is 9.13. The topological polar surface area (TPSA) is 228 Å². The summed E-state index contributed by atoms with van der Waals surface area (Å²) >= 11 is 0. The molecule has 2 fully saturated rings. The van der Waals surface area contributed by atoms with E-state index < -0.39 is 86.8 Å². The number of hydrogen-bond acceptors (Lipinski definition) is 13. The largest absolute Gasteiger partial charge is 0.394 e. The fraction of sp³-hybridized carbons (Fsp3) is 0.703. The molecule has 0 radical (unpaired) electrons. The summed E-state index contributed by atoms with van der Waals surface area (Å²) in [6.07, 6.45) is 51.2. The lowest BCUT2D eigenvalue weighted by molar-refractivity contribution is -0.359. The Balaban J connectivity index is 1.76. The average Bonchev–Trinajstić information content (AvgIpc) is 3.47. The van der Waals surface area contributed by atoms with Gasteiger partial charge in [0.15, 0.2) is 12.6 Å². The lowest BCUT2D eigenvalue weighted by Crippen LogP contribution is -2.65. The minimum Gasteiger partial charge on any atom is -0.394 e. The van der Waals surface area contributed by atoms with Gasteiger partial charge in [-0.2, -0.15) is 0 Å². The first-order chi connectivity index (χ1) is 38.1. The van der Waals surface area contributed by atoms with E-state index in [2.05, 4.69) is 116 Å². The van der Waals surface area contributed by atoms with Gasteiger partial charge >= 0.3 is 0 Å². The summed E-state index contributed by atoms with van der Waals surface area (Å²) in [5.41, 5.74) is 0. The Morgan fingerprint density at radius 3 is 1.36 bits per heavy atom. The first kappa shape index (κ1) is 70.8. The minimum atomic E-state index is -1.80. The fourth-order valence-electron chi connectivity index (χ4n) is 9.13. The van der Waals surface area contributed by atoms with Gasteiger partial charge in [-0.15, -0.1) is 0 Å². The number of amides is 1. The van der Waals surface area contributed by atoms with Crippen LogP contribution in [0.2, 0.25) is 0 Å². The second-order valence-electron chi connectivity index (χ2n) is 20.7. The summed E-state index contributed by atoms with van der Waals surface area (Å²) in [5, 5.41) is 87.1. The summed E-state index contributed by atoms with van der Waals surface area (Å²) < 4.78 is 22.7. The zero-order valence-electron chi connectivity index (χ0n) is 47.9. The molecule has 14 nitrogen and oxygen atoms in total. The second kappa shape index (κ2) is 48.4. The van der Waals surface area contributed by atoms with E-state index in [1.807, 2.05) is 6.08 Å². The molecule has 2 saturated heterocycles. The van der Waals surface area contributed by atoms with Gasteiger partial charge in [0.1, 0.15) is 48.8 Å². The van der Waals surface area contributed by atoms with Crippen molar-refractivity contribution in [2.75, 3.05) is 19.8 Å². The Bertz CT molecular complexity index is 1720. The predicted molar refractivity (Wildman–Crippen MR) is 313 cm³/mol. The van der Waals surface area contributed by atoms with Crippen LogP contribution in [0.4, 0.5) is 0 Å². The average molecular weight is 1100 g/mol. The number of rotatable bonds is 46. The zero-order chi connectivity index (χ0) is 56.7. The van der Waals surface area contributed by atoms with E-state index in [4.69, 9.17) is 18.9 Å². The van der Waals surface area contributed by atoms with Crippen LogP contribution in [0.3, 0.4) is 0 Å². The molecule has 0 saturated carbocycles. The van der Waals surface area contributed by atoms with Gasteiger partial charge < -0.3 is 65.1 Å². The van der Waals surface area contributed by atoms with Gasteiger partial charge in [0.25, 0.3) is 0 Å². The third-order valence-electron chi connectivity index (χ3n) is 14.0. The van der Waals surface area contributed by atoms with Crippen molar-refractivity contribution < 1.29 is 64.6 Å². The minimum absolute atomic E-state index is 0.244. The SMILES string of the molecule is CC/C=C\C/C=C\C/C=C\C/C=C\C/C=C\C/C=C\C/C=C\C/C=C\CCCCCCC(=O)NC(COC1OC(CO)C(OC2OC(CO)C(O)C(O)C2O)C(O)C1O)C(O)/C=C/CCCCCCCCCCCCCCC. The van der Waals surface area contributed by atoms with Crippen LogP contribution in [0.1, 0.15) is 194 Å². The molecule has 9 N–H and O–H groups in total. The van der Waals surface area contributed by atoms with Crippen molar-refractivity contribution in [3.05, 3.63) is 109 Å². The number of aliphatic hydroxyl groups excluding tert-OH is 8. The van der Waals surface area contributed by atoms with E-state index in [0.717, 1.165) is 96.3 Å². The number of hydrogen-bond donors (Lipinski definition) is 9. The first-order valence-electron chi connectivity index (χ1n) is 30.1. The summed E-state index contributed by atoms with van der Waals surface area (Å²) in [4.78, 5) is 13.3. The van der Waals surface area contributed by atoms with E-state index in [-0.39, 0.29) is 18.9 Å². The summed E-state index contributed by atoms with van der Waals surface area (Å²) in [6.45, 7) is 2.65. The number of carbonyl (C=O) groups is 1. The van der Waals surface area contributed by atoms with Crippen molar-refractivity contribution in [1.82, 2.24) is 5.32 Å². The first-order valence-corrected chi connectivity index (χ1v) is 30.1. The van der Waals surface area contributed by atoms with Gasteiger partial charge in [-0.3, -0.25) is 4.79 Å². The highest BCUT2D eigenvalue weighted by molar-refractivity contribution is 5.76. The summed E-state index contributed by atoms with van der Waals surface area (Å²) in [6, 6.07) is -0.936. The maximum absolute atomic E-state index is 13.3. The lowest BCUT2D eigenvalue weighted by atomic mass is 9.97. The highest BCUT2D eigenvalue weighted by Gasteiger charge is 2.51. The third-order valence-corrected chi connectivity index (χ3v) is 14.0. The number of aliphatic hydroxyl groups is 8. The van der Waals surface area contributed by atoms with Gasteiger partial charge in [-0.25, -0.2) is 0 Å². The molecule has 0 aromatic carbocycles. The van der Waals surface area contributed by atoms with E-state index in [1.165, 1.54) is 70.6 Å². The number of unbranched alkanes of at least 4 members (excludes halogenated alkanes) is 17. The maximum Gasteiger partial charge on any atom is 0.220 e. The lowest BCUT2D eigenvalue weighted by Gasteiger charge is -2.46. The molecule has 12 atom stereocenters. The Labute approximate surface area is 470 Å². The van der Waals surface area contributed by atoms with Crippen LogP contribution in [0.5, 0.6) is 0 Å². The summed E-state index contributed by atoms with van der Waals surface area (Å²) in [7, 11) is 0. The van der Waals surface area contributed by atoms with Crippen molar-refractivity contribution >= 4 is 5.91 Å². The number of allylic oxidation sites excluding steroid dienone is 17. The van der Waals surface area contributed by atoms with E-state index in [1.54, 1.807) is 6.08 Å². The third kappa shape index (κ3) is 33.4. The molecule has 2 aliphatic rings. The molecule has 0 spiro atoms. The van der Waals surface area contributed by atoms with Crippen LogP contribution < -0.4 is 5.32 Å². The quantitative estimate of drug-likeness (QED) is 0.0204. The van der Waals surface area contributed by atoms with Gasteiger partial charge in [0.05, 0.1) is 32.0 Å². The van der Waals surface area contributed by atoms with Gasteiger partial charge in [-0.1, -0.05) is 213 Å². The zero-order valence-corrected chi connectivity index (χ0v) is 47.9. The Kier molecular flexibility index (Phi) is 43.9. The maximum atomic E-state index is 13.3. The van der Waals surface area contributed by atoms with Crippen molar-refractivity contribution in [3.63, 3.8) is 0 Å². The van der Waals surface area contributed by atoms with Crippen molar-refractivity contribution in [2.24, 2.45) is 0 Å². The smallest absolute Gasteiger partial charge is 0.220 e. The molecule has 78 heavy (non-hydrogen) atoms. The van der Waals surface area contributed by atoms with Crippen molar-refractivity contribution in [3.8, 4) is 0 Å². The molecule has 0 bridgehead atoms. The number of ether oxygens (including phenoxy) is 4.